The zero-order valence-electron chi connectivity index (χ0n) is 14.3. The van der Waals surface area contributed by atoms with Gasteiger partial charge in [0.1, 0.15) is 5.82 Å². The van der Waals surface area contributed by atoms with Gasteiger partial charge in [0, 0.05) is 11.4 Å². The van der Waals surface area contributed by atoms with Crippen LogP contribution < -0.4 is 11.1 Å². The quantitative estimate of drug-likeness (QED) is 0.681. The highest BCUT2D eigenvalue weighted by molar-refractivity contribution is 7.98. The summed E-state index contributed by atoms with van der Waals surface area (Å²) in [6.07, 6.45) is 0. The van der Waals surface area contributed by atoms with Crippen LogP contribution in [-0.4, -0.2) is 15.0 Å². The molecule has 0 aliphatic heterocycles. The number of hydrogen-bond acceptors (Lipinski definition) is 6. The number of benzene rings is 2. The van der Waals surface area contributed by atoms with E-state index in [-0.39, 0.29) is 11.2 Å². The third-order valence-corrected chi connectivity index (χ3v) is 4.86. The van der Waals surface area contributed by atoms with Gasteiger partial charge in [-0.25, -0.2) is 0 Å². The summed E-state index contributed by atoms with van der Waals surface area (Å²) >= 11 is 1.78. The maximum atomic E-state index is 5.87. The molecule has 0 bridgehead atoms. The summed E-state index contributed by atoms with van der Waals surface area (Å²) in [6, 6.07) is 18.3. The molecule has 25 heavy (non-hydrogen) atoms. The highest BCUT2D eigenvalue weighted by Gasteiger charge is 2.13. The fourth-order valence-electron chi connectivity index (χ4n) is 2.40. The zero-order chi connectivity index (χ0) is 17.6. The maximum Gasteiger partial charge on any atom is 0.232 e. The van der Waals surface area contributed by atoms with Gasteiger partial charge in [0.2, 0.25) is 11.9 Å². The number of nitrogens with two attached hydrogens (primary N) is 1. The molecule has 6 heteroatoms. The van der Waals surface area contributed by atoms with E-state index in [1.54, 1.807) is 11.8 Å². The average Bonchev–Trinajstić information content (AvgIpc) is 2.60. The van der Waals surface area contributed by atoms with E-state index < -0.39 is 0 Å². The van der Waals surface area contributed by atoms with E-state index in [0.717, 1.165) is 11.4 Å². The molecule has 0 saturated heterocycles. The van der Waals surface area contributed by atoms with E-state index in [4.69, 9.17) is 5.73 Å². The third-order valence-electron chi connectivity index (χ3n) is 3.65. The van der Waals surface area contributed by atoms with E-state index >= 15 is 0 Å². The summed E-state index contributed by atoms with van der Waals surface area (Å²) < 4.78 is 0. The lowest BCUT2D eigenvalue weighted by Crippen LogP contribution is -2.08. The molecule has 5 nitrogen and oxygen atoms in total. The molecule has 0 aliphatic carbocycles. The lowest BCUT2D eigenvalue weighted by molar-refractivity contribution is 0.896. The minimum atomic E-state index is 0.113. The number of anilines is 3. The van der Waals surface area contributed by atoms with Crippen molar-refractivity contribution in [1.29, 1.82) is 0 Å². The molecule has 0 saturated carbocycles. The Kier molecular flexibility index (Phi) is 5.50. The topological polar surface area (TPSA) is 76.7 Å². The largest absolute Gasteiger partial charge is 0.368 e. The normalized spacial score (nSPS) is 11.9. The van der Waals surface area contributed by atoms with Crippen molar-refractivity contribution in [2.45, 2.75) is 24.9 Å². The van der Waals surface area contributed by atoms with Crippen molar-refractivity contribution < 1.29 is 0 Å². The van der Waals surface area contributed by atoms with Crippen molar-refractivity contribution in [3.05, 3.63) is 71.5 Å². The van der Waals surface area contributed by atoms with Crippen LogP contribution in [0.5, 0.6) is 0 Å². The van der Waals surface area contributed by atoms with Crippen molar-refractivity contribution in [2.24, 2.45) is 0 Å². The predicted molar refractivity (Wildman–Crippen MR) is 105 cm³/mol. The molecule has 0 radical (unpaired) electrons. The summed E-state index contributed by atoms with van der Waals surface area (Å²) in [4.78, 5) is 13.0. The number of hydrogen-bond donors (Lipinski definition) is 2. The van der Waals surface area contributed by atoms with Crippen LogP contribution in [0.1, 0.15) is 29.1 Å². The van der Waals surface area contributed by atoms with Crippen LogP contribution in [0.25, 0.3) is 0 Å². The molecular weight excluding hydrogens is 330 g/mol. The number of nitrogens with one attached hydrogen (secondary N) is 1. The molecule has 0 aliphatic rings. The van der Waals surface area contributed by atoms with Gasteiger partial charge < -0.3 is 11.1 Å². The Labute approximate surface area is 152 Å². The number of aromatic nitrogens is 3. The summed E-state index contributed by atoms with van der Waals surface area (Å²) in [6.45, 7) is 4.19. The number of rotatable bonds is 6. The van der Waals surface area contributed by atoms with E-state index in [2.05, 4.69) is 58.4 Å². The third kappa shape index (κ3) is 4.93. The molecule has 0 amide bonds. The van der Waals surface area contributed by atoms with Gasteiger partial charge in [0.25, 0.3) is 0 Å². The van der Waals surface area contributed by atoms with E-state index in [1.807, 2.05) is 30.3 Å². The fourth-order valence-corrected chi connectivity index (χ4v) is 3.27. The monoisotopic (exact) mass is 351 g/mol. The van der Waals surface area contributed by atoms with Crippen LogP contribution >= 0.6 is 11.8 Å². The summed E-state index contributed by atoms with van der Waals surface area (Å²) in [5.41, 5.74) is 9.34. The van der Waals surface area contributed by atoms with Gasteiger partial charge in [-0.2, -0.15) is 15.0 Å². The molecule has 3 N–H and O–H groups in total. The molecule has 1 unspecified atom stereocenters. The first-order valence-electron chi connectivity index (χ1n) is 8.11. The lowest BCUT2D eigenvalue weighted by atomic mass is 10.2. The van der Waals surface area contributed by atoms with Crippen LogP contribution in [-0.2, 0) is 5.75 Å². The van der Waals surface area contributed by atoms with E-state index in [9.17, 15) is 0 Å². The zero-order valence-corrected chi connectivity index (χ0v) is 15.1. The second-order valence-electron chi connectivity index (χ2n) is 5.81. The average molecular weight is 351 g/mol. The number of thioether (sulfide) groups is 1. The standard InChI is InChI=1S/C19H21N5S/c1-13-7-6-8-15(11-13)12-25-14(2)17-22-18(20)24-19(23-17)21-16-9-4-3-5-10-16/h3-11,14H,12H2,1-2H3,(H3,20,21,22,23,24). The SMILES string of the molecule is Cc1cccc(CSC(C)c2nc(N)nc(Nc3ccccc3)n2)c1. The van der Waals surface area contributed by atoms with E-state index in [0.29, 0.717) is 11.8 Å². The molecular formula is C19H21N5S. The lowest BCUT2D eigenvalue weighted by Gasteiger charge is -2.12. The van der Waals surface area contributed by atoms with Crippen molar-refractivity contribution in [3.8, 4) is 0 Å². The van der Waals surface area contributed by atoms with Gasteiger partial charge in [0.05, 0.1) is 5.25 Å². The Morgan fingerprint density at radius 2 is 1.84 bits per heavy atom. The summed E-state index contributed by atoms with van der Waals surface area (Å²) in [5, 5.41) is 3.28. The summed E-state index contributed by atoms with van der Waals surface area (Å²) in [5.74, 6) is 2.28. The van der Waals surface area contributed by atoms with Crippen LogP contribution in [0.4, 0.5) is 17.6 Å². The van der Waals surface area contributed by atoms with Crippen molar-refractivity contribution in [2.75, 3.05) is 11.1 Å². The molecule has 1 heterocycles. The van der Waals surface area contributed by atoms with Gasteiger partial charge in [-0.3, -0.25) is 0 Å². The highest BCUT2D eigenvalue weighted by Crippen LogP contribution is 2.30. The number of aryl methyl sites for hydroxylation is 1. The Morgan fingerprint density at radius 1 is 1.04 bits per heavy atom. The molecule has 0 spiro atoms. The molecule has 2 aromatic carbocycles. The van der Waals surface area contributed by atoms with Crippen molar-refractivity contribution >= 4 is 29.3 Å². The van der Waals surface area contributed by atoms with Gasteiger partial charge in [-0.1, -0.05) is 48.0 Å². The highest BCUT2D eigenvalue weighted by atomic mass is 32.2. The Hall–Kier alpha value is -2.60. The number of para-hydroxylation sites is 1. The second-order valence-corrected chi connectivity index (χ2v) is 7.14. The Balaban J connectivity index is 1.70. The maximum absolute atomic E-state index is 5.87. The van der Waals surface area contributed by atoms with E-state index in [1.165, 1.54) is 11.1 Å². The molecule has 128 valence electrons. The van der Waals surface area contributed by atoms with Crippen LogP contribution in [0.15, 0.2) is 54.6 Å². The van der Waals surface area contributed by atoms with Crippen LogP contribution in [0.2, 0.25) is 0 Å². The number of nitrogen functional groups attached to an aromatic ring is 1. The first-order valence-corrected chi connectivity index (χ1v) is 9.16. The second kappa shape index (κ2) is 7.98. The van der Waals surface area contributed by atoms with Crippen molar-refractivity contribution in [3.63, 3.8) is 0 Å². The minimum Gasteiger partial charge on any atom is -0.368 e. The fraction of sp³-hybridized carbons (Fsp3) is 0.211. The van der Waals surface area contributed by atoms with Crippen LogP contribution in [0.3, 0.4) is 0 Å². The smallest absolute Gasteiger partial charge is 0.232 e. The molecule has 3 aromatic rings. The Bertz CT molecular complexity index is 838. The van der Waals surface area contributed by atoms with Gasteiger partial charge >= 0.3 is 0 Å². The minimum absolute atomic E-state index is 0.113. The van der Waals surface area contributed by atoms with Gasteiger partial charge in [0.15, 0.2) is 0 Å². The Morgan fingerprint density at radius 3 is 2.60 bits per heavy atom. The van der Waals surface area contributed by atoms with Gasteiger partial charge in [-0.15, -0.1) is 11.8 Å². The van der Waals surface area contributed by atoms with Crippen LogP contribution in [0, 0.1) is 6.92 Å². The molecule has 0 fully saturated rings. The van der Waals surface area contributed by atoms with Crippen molar-refractivity contribution in [1.82, 2.24) is 15.0 Å². The summed E-state index contributed by atoms with van der Waals surface area (Å²) in [7, 11) is 0. The molecule has 1 aromatic heterocycles. The molecule has 3 rings (SSSR count). The number of nitrogens with zero attached hydrogens (tertiary/aromatic N) is 3. The first-order chi connectivity index (χ1) is 12.1. The van der Waals surface area contributed by atoms with Gasteiger partial charge in [-0.05, 0) is 31.5 Å². The first kappa shape index (κ1) is 17.2. The predicted octanol–water partition coefficient (Wildman–Crippen LogP) is 4.50. The molecule has 1 atom stereocenters.